The summed E-state index contributed by atoms with van der Waals surface area (Å²) in [5, 5.41) is 2.50. The van der Waals surface area contributed by atoms with Crippen LogP contribution in [0, 0.1) is 0 Å². The Hall–Kier alpha value is -2.97. The third kappa shape index (κ3) is 3.75. The smallest absolute Gasteiger partial charge is 0.328 e. The quantitative estimate of drug-likeness (QED) is 0.606. The Bertz CT molecular complexity index is 659. The van der Waals surface area contributed by atoms with Gasteiger partial charge in [-0.15, -0.1) is 0 Å². The van der Waals surface area contributed by atoms with Gasteiger partial charge in [-0.2, -0.15) is 0 Å². The highest BCUT2D eigenvalue weighted by atomic mass is 16.5. The van der Waals surface area contributed by atoms with Crippen molar-refractivity contribution in [1.29, 1.82) is 0 Å². The van der Waals surface area contributed by atoms with Crippen LogP contribution in [0.3, 0.4) is 0 Å². The normalized spacial score (nSPS) is 11.7. The summed E-state index contributed by atoms with van der Waals surface area (Å²) in [4.78, 5) is 47.3. The highest BCUT2D eigenvalue weighted by Crippen LogP contribution is 2.02. The van der Waals surface area contributed by atoms with Crippen LogP contribution in [0.2, 0.25) is 0 Å². The first-order valence-electron chi connectivity index (χ1n) is 6.01. The summed E-state index contributed by atoms with van der Waals surface area (Å²) >= 11 is 0. The van der Waals surface area contributed by atoms with Crippen molar-refractivity contribution in [3.8, 4) is 0 Å². The van der Waals surface area contributed by atoms with Gasteiger partial charge in [-0.25, -0.2) is 14.8 Å². The molecule has 0 aliphatic rings. The number of carbonyl (C=O) groups is 2. The summed E-state index contributed by atoms with van der Waals surface area (Å²) < 4.78 is 4.65. The molecule has 3 N–H and O–H groups in total. The van der Waals surface area contributed by atoms with Crippen LogP contribution < -0.4 is 10.9 Å². The number of ether oxygens (including phenoxy) is 1. The zero-order valence-electron chi connectivity index (χ0n) is 11.1. The molecule has 2 rings (SSSR count). The number of carbonyl (C=O) groups excluding carboxylic acids is 2. The van der Waals surface area contributed by atoms with Crippen molar-refractivity contribution in [2.45, 2.75) is 12.5 Å². The molecule has 0 fully saturated rings. The fourth-order valence-electron chi connectivity index (χ4n) is 1.65. The Morgan fingerprint density at radius 2 is 2.19 bits per heavy atom. The molecule has 0 unspecified atom stereocenters. The zero-order chi connectivity index (χ0) is 15.2. The highest BCUT2D eigenvalue weighted by Gasteiger charge is 2.23. The molecule has 0 radical (unpaired) electrons. The topological polar surface area (TPSA) is 130 Å². The van der Waals surface area contributed by atoms with E-state index in [1.54, 1.807) is 6.20 Å². The van der Waals surface area contributed by atoms with Crippen LogP contribution in [0.1, 0.15) is 16.2 Å². The zero-order valence-corrected chi connectivity index (χ0v) is 11.1. The molecule has 0 spiro atoms. The lowest BCUT2D eigenvalue weighted by atomic mass is 10.1. The van der Waals surface area contributed by atoms with Crippen LogP contribution in [-0.2, 0) is 16.0 Å². The van der Waals surface area contributed by atoms with Gasteiger partial charge in [0, 0.05) is 24.5 Å². The van der Waals surface area contributed by atoms with Crippen LogP contribution in [0.4, 0.5) is 0 Å². The molecule has 0 aliphatic heterocycles. The number of aromatic amines is 2. The maximum absolute atomic E-state index is 12.0. The number of aromatic nitrogens is 4. The number of hydrogen-bond donors (Lipinski definition) is 3. The van der Waals surface area contributed by atoms with E-state index in [0.717, 1.165) is 6.20 Å². The lowest BCUT2D eigenvalue weighted by Gasteiger charge is -2.15. The number of rotatable bonds is 5. The van der Waals surface area contributed by atoms with E-state index in [4.69, 9.17) is 0 Å². The predicted molar refractivity (Wildman–Crippen MR) is 70.4 cm³/mol. The first-order chi connectivity index (χ1) is 10.1. The molecule has 2 aromatic heterocycles. The SMILES string of the molecule is COC(=O)[C@H](Cc1cnc[nH]1)NC(=O)c1c[nH]c(=O)cn1. The van der Waals surface area contributed by atoms with Crippen LogP contribution in [0.5, 0.6) is 0 Å². The van der Waals surface area contributed by atoms with Gasteiger partial charge < -0.3 is 20.0 Å². The summed E-state index contributed by atoms with van der Waals surface area (Å²) in [7, 11) is 1.23. The van der Waals surface area contributed by atoms with Gasteiger partial charge in [-0.3, -0.25) is 9.59 Å². The maximum atomic E-state index is 12.0. The van der Waals surface area contributed by atoms with Gasteiger partial charge in [0.05, 0.1) is 19.6 Å². The molecule has 0 saturated carbocycles. The number of amides is 1. The van der Waals surface area contributed by atoms with Crippen molar-refractivity contribution in [3.63, 3.8) is 0 Å². The molecular weight excluding hydrogens is 278 g/mol. The fourth-order valence-corrected chi connectivity index (χ4v) is 1.65. The summed E-state index contributed by atoms with van der Waals surface area (Å²) in [6.07, 6.45) is 5.36. The second-order valence-corrected chi connectivity index (χ2v) is 4.13. The minimum absolute atomic E-state index is 0.00638. The molecular formula is C12H13N5O4. The van der Waals surface area contributed by atoms with Crippen LogP contribution in [0.15, 0.2) is 29.7 Å². The lowest BCUT2D eigenvalue weighted by Crippen LogP contribution is -2.43. The summed E-state index contributed by atoms with van der Waals surface area (Å²) in [5.41, 5.74) is 0.238. The molecule has 9 heteroatoms. The van der Waals surface area contributed by atoms with Crippen molar-refractivity contribution in [2.24, 2.45) is 0 Å². The molecule has 2 aromatic rings. The molecule has 0 aliphatic carbocycles. The number of methoxy groups -OCH3 is 1. The molecule has 0 saturated heterocycles. The monoisotopic (exact) mass is 291 g/mol. The van der Waals surface area contributed by atoms with E-state index in [2.05, 4.69) is 30.0 Å². The van der Waals surface area contributed by atoms with E-state index < -0.39 is 23.5 Å². The van der Waals surface area contributed by atoms with E-state index in [0.29, 0.717) is 5.69 Å². The molecule has 0 bridgehead atoms. The lowest BCUT2D eigenvalue weighted by molar-refractivity contribution is -0.142. The minimum Gasteiger partial charge on any atom is -0.467 e. The molecule has 21 heavy (non-hydrogen) atoms. The molecule has 1 amide bonds. The number of esters is 1. The largest absolute Gasteiger partial charge is 0.467 e. The third-order valence-electron chi connectivity index (χ3n) is 2.67. The van der Waals surface area contributed by atoms with Gasteiger partial charge in [0.25, 0.3) is 11.5 Å². The summed E-state index contributed by atoms with van der Waals surface area (Å²) in [6, 6.07) is -0.892. The van der Waals surface area contributed by atoms with Gasteiger partial charge in [0.1, 0.15) is 11.7 Å². The van der Waals surface area contributed by atoms with Crippen LogP contribution >= 0.6 is 0 Å². The third-order valence-corrected chi connectivity index (χ3v) is 2.67. The second-order valence-electron chi connectivity index (χ2n) is 4.13. The Labute approximate surface area is 118 Å². The van der Waals surface area contributed by atoms with E-state index >= 15 is 0 Å². The van der Waals surface area contributed by atoms with Gasteiger partial charge in [-0.05, 0) is 0 Å². The highest BCUT2D eigenvalue weighted by molar-refractivity contribution is 5.94. The Morgan fingerprint density at radius 3 is 2.76 bits per heavy atom. The maximum Gasteiger partial charge on any atom is 0.328 e. The van der Waals surface area contributed by atoms with Gasteiger partial charge >= 0.3 is 5.97 Å². The molecule has 9 nitrogen and oxygen atoms in total. The first-order valence-corrected chi connectivity index (χ1v) is 6.01. The van der Waals surface area contributed by atoms with Crippen molar-refractivity contribution in [2.75, 3.05) is 7.11 Å². The molecule has 1 atom stereocenters. The number of imidazole rings is 1. The van der Waals surface area contributed by atoms with E-state index in [1.807, 2.05) is 0 Å². The average Bonchev–Trinajstić information content (AvgIpc) is 2.99. The molecule has 110 valence electrons. The number of nitrogens with one attached hydrogen (secondary N) is 3. The van der Waals surface area contributed by atoms with Crippen molar-refractivity contribution in [1.82, 2.24) is 25.3 Å². The van der Waals surface area contributed by atoms with E-state index in [1.165, 1.54) is 19.6 Å². The molecule has 0 aromatic carbocycles. The predicted octanol–water partition coefficient (Wildman–Crippen LogP) is -0.993. The van der Waals surface area contributed by atoms with Crippen LogP contribution in [0.25, 0.3) is 0 Å². The standard InChI is InChI=1S/C12H13N5O4/c1-21-12(20)8(2-7-3-13-6-16-7)17-11(19)9-4-15-10(18)5-14-9/h3-6,8H,2H2,1H3,(H,13,16)(H,15,18)(H,17,19)/t8-/m0/s1. The average molecular weight is 291 g/mol. The summed E-state index contributed by atoms with van der Waals surface area (Å²) in [5.74, 6) is -1.19. The molecule has 2 heterocycles. The van der Waals surface area contributed by atoms with Crippen LogP contribution in [-0.4, -0.2) is 45.0 Å². The first kappa shape index (κ1) is 14.4. The van der Waals surface area contributed by atoms with Crippen molar-refractivity contribution >= 4 is 11.9 Å². The van der Waals surface area contributed by atoms with Crippen molar-refractivity contribution in [3.05, 3.63) is 46.7 Å². The number of nitrogens with zero attached hydrogens (tertiary/aromatic N) is 2. The Balaban J connectivity index is 2.10. The van der Waals surface area contributed by atoms with Gasteiger partial charge in [-0.1, -0.05) is 0 Å². The fraction of sp³-hybridized carbons (Fsp3) is 0.250. The number of H-pyrrole nitrogens is 2. The summed E-state index contributed by atoms with van der Waals surface area (Å²) in [6.45, 7) is 0. The second kappa shape index (κ2) is 6.46. The Kier molecular flexibility index (Phi) is 4.44. The Morgan fingerprint density at radius 1 is 1.38 bits per heavy atom. The van der Waals surface area contributed by atoms with Gasteiger partial charge in [0.15, 0.2) is 0 Å². The van der Waals surface area contributed by atoms with E-state index in [-0.39, 0.29) is 12.1 Å². The van der Waals surface area contributed by atoms with Crippen molar-refractivity contribution < 1.29 is 14.3 Å². The van der Waals surface area contributed by atoms with Gasteiger partial charge in [0.2, 0.25) is 0 Å². The number of hydrogen-bond acceptors (Lipinski definition) is 6. The van der Waals surface area contributed by atoms with E-state index in [9.17, 15) is 14.4 Å². The minimum atomic E-state index is -0.892.